The van der Waals surface area contributed by atoms with E-state index in [0.717, 1.165) is 45.9 Å². The van der Waals surface area contributed by atoms with Crippen molar-refractivity contribution in [2.24, 2.45) is 11.8 Å². The summed E-state index contributed by atoms with van der Waals surface area (Å²) in [7, 11) is 0. The Balaban J connectivity index is 1.78. The lowest BCUT2D eigenvalue weighted by Gasteiger charge is -2.31. The molecule has 4 nitrogen and oxygen atoms in total. The summed E-state index contributed by atoms with van der Waals surface area (Å²) in [6.45, 7) is 7.30. The largest absolute Gasteiger partial charge is 0.396 e. The van der Waals surface area contributed by atoms with Gasteiger partial charge < -0.3 is 15.2 Å². The minimum atomic E-state index is 0.323. The van der Waals surface area contributed by atoms with E-state index in [-0.39, 0.29) is 0 Å². The van der Waals surface area contributed by atoms with Gasteiger partial charge in [-0.25, -0.2) is 0 Å². The van der Waals surface area contributed by atoms with Crippen molar-refractivity contribution < 1.29 is 9.84 Å². The average Bonchev–Trinajstić information content (AvgIpc) is 2.81. The van der Waals surface area contributed by atoms with Crippen LogP contribution in [0, 0.1) is 11.8 Å². The van der Waals surface area contributed by atoms with Crippen molar-refractivity contribution in [2.45, 2.75) is 6.42 Å². The molecule has 0 aromatic rings. The van der Waals surface area contributed by atoms with Gasteiger partial charge in [-0.05, 0) is 31.3 Å². The first-order valence-electron chi connectivity index (χ1n) is 6.02. The fraction of sp³-hybridized carbons (Fsp3) is 1.00. The van der Waals surface area contributed by atoms with Crippen LogP contribution in [0.4, 0.5) is 0 Å². The molecular weight excluding hydrogens is 192 g/mol. The summed E-state index contributed by atoms with van der Waals surface area (Å²) in [5.74, 6) is 1.11. The summed E-state index contributed by atoms with van der Waals surface area (Å²) in [6.07, 6.45) is 1.22. The van der Waals surface area contributed by atoms with Crippen LogP contribution in [0.15, 0.2) is 0 Å². The molecule has 2 rings (SSSR count). The van der Waals surface area contributed by atoms with E-state index in [9.17, 15) is 5.11 Å². The van der Waals surface area contributed by atoms with Crippen LogP contribution in [-0.4, -0.2) is 62.6 Å². The minimum Gasteiger partial charge on any atom is -0.396 e. The minimum absolute atomic E-state index is 0.323. The number of morpholine rings is 1. The number of aliphatic hydroxyl groups excluding tert-OH is 1. The maximum atomic E-state index is 9.43. The highest BCUT2D eigenvalue weighted by atomic mass is 16.5. The second kappa shape index (κ2) is 5.80. The van der Waals surface area contributed by atoms with Crippen molar-refractivity contribution in [2.75, 3.05) is 52.5 Å². The molecule has 0 aromatic heterocycles. The maximum absolute atomic E-state index is 9.43. The highest BCUT2D eigenvalue weighted by Gasteiger charge is 2.26. The topological polar surface area (TPSA) is 44.7 Å². The quantitative estimate of drug-likeness (QED) is 0.664. The number of hydrogen-bond acceptors (Lipinski definition) is 4. The third-order valence-corrected chi connectivity index (χ3v) is 3.60. The average molecular weight is 214 g/mol. The van der Waals surface area contributed by atoms with Gasteiger partial charge in [0, 0.05) is 26.2 Å². The van der Waals surface area contributed by atoms with Crippen molar-refractivity contribution in [3.05, 3.63) is 0 Å². The molecule has 2 atom stereocenters. The second-order valence-corrected chi connectivity index (χ2v) is 4.61. The van der Waals surface area contributed by atoms with Crippen LogP contribution >= 0.6 is 0 Å². The Kier molecular flexibility index (Phi) is 4.38. The highest BCUT2D eigenvalue weighted by Crippen LogP contribution is 2.20. The monoisotopic (exact) mass is 214 g/mol. The van der Waals surface area contributed by atoms with Crippen LogP contribution in [0.2, 0.25) is 0 Å². The number of aliphatic hydroxyl groups is 1. The van der Waals surface area contributed by atoms with Gasteiger partial charge in [-0.1, -0.05) is 0 Å². The zero-order valence-corrected chi connectivity index (χ0v) is 9.32. The Bertz CT molecular complexity index is 177. The molecule has 0 aromatic carbocycles. The summed E-state index contributed by atoms with van der Waals surface area (Å²) >= 11 is 0. The molecule has 4 heteroatoms. The van der Waals surface area contributed by atoms with Crippen molar-refractivity contribution in [3.8, 4) is 0 Å². The van der Waals surface area contributed by atoms with Gasteiger partial charge in [0.05, 0.1) is 13.2 Å². The predicted molar refractivity (Wildman–Crippen MR) is 58.8 cm³/mol. The normalized spacial score (nSPS) is 30.6. The molecule has 2 saturated heterocycles. The number of rotatable bonds is 4. The molecule has 0 aliphatic carbocycles. The fourth-order valence-electron chi connectivity index (χ4n) is 2.55. The van der Waals surface area contributed by atoms with Crippen molar-refractivity contribution in [1.29, 1.82) is 0 Å². The Labute approximate surface area is 91.6 Å². The van der Waals surface area contributed by atoms with Crippen LogP contribution in [0.3, 0.4) is 0 Å². The molecule has 0 spiro atoms. The Hall–Kier alpha value is -0.160. The van der Waals surface area contributed by atoms with E-state index < -0.39 is 0 Å². The van der Waals surface area contributed by atoms with Gasteiger partial charge in [-0.2, -0.15) is 0 Å². The SMILES string of the molecule is OCC(CN1CCOCC1)C1CCNC1. The van der Waals surface area contributed by atoms with E-state index in [1.165, 1.54) is 6.42 Å². The Morgan fingerprint density at radius 3 is 2.80 bits per heavy atom. The molecule has 0 amide bonds. The van der Waals surface area contributed by atoms with Gasteiger partial charge in [0.25, 0.3) is 0 Å². The number of hydrogen-bond donors (Lipinski definition) is 2. The summed E-state index contributed by atoms with van der Waals surface area (Å²) in [5, 5.41) is 12.8. The fourth-order valence-corrected chi connectivity index (χ4v) is 2.55. The van der Waals surface area contributed by atoms with Gasteiger partial charge in [-0.3, -0.25) is 4.90 Å². The molecule has 2 N–H and O–H groups in total. The Morgan fingerprint density at radius 1 is 1.40 bits per heavy atom. The smallest absolute Gasteiger partial charge is 0.0594 e. The molecule has 2 fully saturated rings. The molecule has 2 aliphatic rings. The van der Waals surface area contributed by atoms with E-state index in [0.29, 0.717) is 18.4 Å². The maximum Gasteiger partial charge on any atom is 0.0594 e. The van der Waals surface area contributed by atoms with Gasteiger partial charge >= 0.3 is 0 Å². The Morgan fingerprint density at radius 2 is 2.20 bits per heavy atom. The van der Waals surface area contributed by atoms with Gasteiger partial charge in [-0.15, -0.1) is 0 Å². The molecular formula is C11H22N2O2. The van der Waals surface area contributed by atoms with Gasteiger partial charge in [0.15, 0.2) is 0 Å². The number of ether oxygens (including phenoxy) is 1. The first-order valence-corrected chi connectivity index (χ1v) is 6.02. The number of nitrogens with one attached hydrogen (secondary N) is 1. The molecule has 2 unspecified atom stereocenters. The van der Waals surface area contributed by atoms with Gasteiger partial charge in [0.1, 0.15) is 0 Å². The van der Waals surface area contributed by atoms with Crippen LogP contribution in [0.1, 0.15) is 6.42 Å². The zero-order chi connectivity index (χ0) is 10.5. The summed E-state index contributed by atoms with van der Waals surface area (Å²) < 4.78 is 5.32. The lowest BCUT2D eigenvalue weighted by molar-refractivity contribution is 0.0193. The van der Waals surface area contributed by atoms with Crippen LogP contribution in [-0.2, 0) is 4.74 Å². The van der Waals surface area contributed by atoms with E-state index in [1.807, 2.05) is 0 Å². The third kappa shape index (κ3) is 3.14. The van der Waals surface area contributed by atoms with Crippen molar-refractivity contribution in [3.63, 3.8) is 0 Å². The van der Waals surface area contributed by atoms with Gasteiger partial charge in [0.2, 0.25) is 0 Å². The number of nitrogens with zero attached hydrogens (tertiary/aromatic N) is 1. The van der Waals surface area contributed by atoms with E-state index in [2.05, 4.69) is 10.2 Å². The summed E-state index contributed by atoms with van der Waals surface area (Å²) in [5.41, 5.74) is 0. The first kappa shape index (κ1) is 11.3. The van der Waals surface area contributed by atoms with E-state index >= 15 is 0 Å². The summed E-state index contributed by atoms with van der Waals surface area (Å²) in [4.78, 5) is 2.42. The van der Waals surface area contributed by atoms with Crippen LogP contribution in [0.25, 0.3) is 0 Å². The van der Waals surface area contributed by atoms with E-state index in [4.69, 9.17) is 4.74 Å². The van der Waals surface area contributed by atoms with Crippen LogP contribution in [0.5, 0.6) is 0 Å². The first-order chi connectivity index (χ1) is 7.40. The molecule has 2 aliphatic heterocycles. The molecule has 0 bridgehead atoms. The zero-order valence-electron chi connectivity index (χ0n) is 9.32. The molecule has 0 saturated carbocycles. The highest BCUT2D eigenvalue weighted by molar-refractivity contribution is 4.80. The summed E-state index contributed by atoms with van der Waals surface area (Å²) in [6, 6.07) is 0. The van der Waals surface area contributed by atoms with Crippen molar-refractivity contribution in [1.82, 2.24) is 10.2 Å². The molecule has 0 radical (unpaired) electrons. The standard InChI is InChI=1S/C11H22N2O2/c14-9-11(10-1-2-12-7-10)8-13-3-5-15-6-4-13/h10-12,14H,1-9H2. The molecule has 88 valence electrons. The van der Waals surface area contributed by atoms with E-state index in [1.54, 1.807) is 0 Å². The second-order valence-electron chi connectivity index (χ2n) is 4.61. The lowest BCUT2D eigenvalue weighted by Crippen LogP contribution is -2.42. The van der Waals surface area contributed by atoms with Crippen LogP contribution < -0.4 is 5.32 Å². The predicted octanol–water partition coefficient (Wildman–Crippen LogP) is -0.463. The molecule has 2 heterocycles. The molecule has 15 heavy (non-hydrogen) atoms. The van der Waals surface area contributed by atoms with Crippen molar-refractivity contribution >= 4 is 0 Å². The third-order valence-electron chi connectivity index (χ3n) is 3.60. The lowest BCUT2D eigenvalue weighted by atomic mass is 9.91.